The third-order valence-electron chi connectivity index (χ3n) is 3.96. The predicted molar refractivity (Wildman–Crippen MR) is 100 cm³/mol. The second-order valence-electron chi connectivity index (χ2n) is 6.13. The van der Waals surface area contributed by atoms with Crippen molar-refractivity contribution in [2.24, 2.45) is 0 Å². The summed E-state index contributed by atoms with van der Waals surface area (Å²) in [6.07, 6.45) is 3.05. The molecule has 0 fully saturated rings. The van der Waals surface area contributed by atoms with Gasteiger partial charge in [-0.2, -0.15) is 5.10 Å². The molecule has 3 rings (SSSR count). The molecule has 2 heterocycles. The van der Waals surface area contributed by atoms with Crippen molar-refractivity contribution in [2.45, 2.75) is 20.4 Å². The van der Waals surface area contributed by atoms with Gasteiger partial charge in [0.15, 0.2) is 0 Å². The molecule has 0 aliphatic carbocycles. The van der Waals surface area contributed by atoms with E-state index in [1.807, 2.05) is 0 Å². The Kier molecular flexibility index (Phi) is 5.41. The Balaban J connectivity index is 1.76. The van der Waals surface area contributed by atoms with Crippen LogP contribution in [0.5, 0.6) is 0 Å². The van der Waals surface area contributed by atoms with Gasteiger partial charge in [-0.3, -0.25) is 4.79 Å². The minimum Gasteiger partial charge on any atom is -0.361 e. The van der Waals surface area contributed by atoms with E-state index in [1.165, 1.54) is 27.8 Å². The minimum absolute atomic E-state index is 0.208. The van der Waals surface area contributed by atoms with Crippen molar-refractivity contribution in [3.63, 3.8) is 0 Å². The molecule has 0 unspecified atom stereocenters. The Morgan fingerprint density at radius 3 is 2.67 bits per heavy atom. The van der Waals surface area contributed by atoms with Crippen molar-refractivity contribution in [2.75, 3.05) is 7.05 Å². The zero-order valence-corrected chi connectivity index (χ0v) is 15.9. The molecular formula is C19H18ClFN4O2. The molecule has 0 radical (unpaired) electrons. The quantitative estimate of drug-likeness (QED) is 0.621. The summed E-state index contributed by atoms with van der Waals surface area (Å²) in [4.78, 5) is 13.8. The van der Waals surface area contributed by atoms with Crippen LogP contribution in [0.1, 0.15) is 22.7 Å². The fraction of sp³-hybridized carbons (Fsp3) is 0.211. The Morgan fingerprint density at radius 1 is 1.33 bits per heavy atom. The first-order chi connectivity index (χ1) is 12.8. The Labute approximate surface area is 160 Å². The number of benzene rings is 1. The second kappa shape index (κ2) is 7.75. The molecule has 0 N–H and O–H groups in total. The van der Waals surface area contributed by atoms with Gasteiger partial charge in [0.25, 0.3) is 0 Å². The summed E-state index contributed by atoms with van der Waals surface area (Å²) in [5.41, 5.74) is 2.59. The van der Waals surface area contributed by atoms with E-state index >= 15 is 0 Å². The highest BCUT2D eigenvalue weighted by atomic mass is 35.5. The molecule has 0 saturated carbocycles. The highest BCUT2D eigenvalue weighted by Crippen LogP contribution is 2.25. The highest BCUT2D eigenvalue weighted by Gasteiger charge is 2.14. The number of rotatable bonds is 5. The average molecular weight is 389 g/mol. The second-order valence-corrected chi connectivity index (χ2v) is 6.49. The zero-order chi connectivity index (χ0) is 19.6. The third-order valence-corrected chi connectivity index (χ3v) is 4.33. The molecule has 140 valence electrons. The van der Waals surface area contributed by atoms with Gasteiger partial charge < -0.3 is 9.42 Å². The first-order valence-electron chi connectivity index (χ1n) is 8.21. The maximum Gasteiger partial charge on any atom is 0.246 e. The summed E-state index contributed by atoms with van der Waals surface area (Å²) in [6.45, 7) is 3.92. The van der Waals surface area contributed by atoms with Crippen LogP contribution in [-0.2, 0) is 11.3 Å². The molecule has 0 aliphatic heterocycles. The van der Waals surface area contributed by atoms with Crippen molar-refractivity contribution in [1.82, 2.24) is 19.8 Å². The molecule has 0 bridgehead atoms. The number of likely N-dealkylation sites (N-methyl/N-ethyl adjacent to an activating group) is 1. The molecule has 1 aromatic carbocycles. The van der Waals surface area contributed by atoms with Crippen molar-refractivity contribution < 1.29 is 13.7 Å². The summed E-state index contributed by atoms with van der Waals surface area (Å²) in [6, 6.07) is 7.62. The number of aryl methyl sites for hydroxylation is 2. The van der Waals surface area contributed by atoms with Gasteiger partial charge in [0, 0.05) is 24.8 Å². The Morgan fingerprint density at radius 2 is 2.04 bits per heavy atom. The highest BCUT2D eigenvalue weighted by molar-refractivity contribution is 6.31. The van der Waals surface area contributed by atoms with Gasteiger partial charge in [-0.25, -0.2) is 9.07 Å². The summed E-state index contributed by atoms with van der Waals surface area (Å²) < 4.78 is 19.6. The normalized spacial score (nSPS) is 11.3. The summed E-state index contributed by atoms with van der Waals surface area (Å²) in [5, 5.41) is 8.59. The monoisotopic (exact) mass is 388 g/mol. The average Bonchev–Trinajstić information content (AvgIpc) is 3.16. The number of carbonyl (C=O) groups is 1. The first kappa shape index (κ1) is 18.8. The molecular weight excluding hydrogens is 371 g/mol. The standard InChI is InChI=1S/C19H18ClFN4O2/c1-12-10-15(23-27-12)11-24(3)18(26)9-8-17-13(2)22-25(19(17)20)16-6-4-14(21)5-7-16/h4-10H,11H2,1-3H3/b9-8+. The third kappa shape index (κ3) is 4.25. The van der Waals surface area contributed by atoms with Crippen molar-refractivity contribution in [3.8, 4) is 5.69 Å². The molecule has 0 aliphatic rings. The summed E-state index contributed by atoms with van der Waals surface area (Å²) in [7, 11) is 1.67. The molecule has 8 heteroatoms. The summed E-state index contributed by atoms with van der Waals surface area (Å²) in [5.74, 6) is 0.146. The first-order valence-corrected chi connectivity index (χ1v) is 8.59. The lowest BCUT2D eigenvalue weighted by Gasteiger charge is -2.12. The van der Waals surface area contributed by atoms with Gasteiger partial charge in [-0.15, -0.1) is 0 Å². The fourth-order valence-electron chi connectivity index (χ4n) is 2.55. The van der Waals surface area contributed by atoms with E-state index in [9.17, 15) is 9.18 Å². The van der Waals surface area contributed by atoms with Crippen LogP contribution in [0.15, 0.2) is 40.9 Å². The van der Waals surface area contributed by atoms with E-state index in [2.05, 4.69) is 10.3 Å². The number of halogens is 2. The maximum atomic E-state index is 13.1. The Hall–Kier alpha value is -2.93. The largest absolute Gasteiger partial charge is 0.361 e. The van der Waals surface area contributed by atoms with Gasteiger partial charge in [-0.1, -0.05) is 16.8 Å². The molecule has 6 nitrogen and oxygen atoms in total. The lowest BCUT2D eigenvalue weighted by Crippen LogP contribution is -2.24. The van der Waals surface area contributed by atoms with Crippen LogP contribution in [-0.4, -0.2) is 32.8 Å². The molecule has 0 spiro atoms. The molecule has 0 atom stereocenters. The smallest absolute Gasteiger partial charge is 0.246 e. The number of amides is 1. The number of carbonyl (C=O) groups excluding carboxylic acids is 1. The van der Waals surface area contributed by atoms with Gasteiger partial charge >= 0.3 is 0 Å². The molecule has 2 aromatic heterocycles. The van der Waals surface area contributed by atoms with Gasteiger partial charge in [0.2, 0.25) is 5.91 Å². The Bertz CT molecular complexity index is 992. The van der Waals surface area contributed by atoms with Crippen molar-refractivity contribution >= 4 is 23.6 Å². The number of nitrogens with zero attached hydrogens (tertiary/aromatic N) is 4. The van der Waals surface area contributed by atoms with Gasteiger partial charge in [0.1, 0.15) is 22.4 Å². The fourth-order valence-corrected chi connectivity index (χ4v) is 2.88. The molecule has 0 saturated heterocycles. The predicted octanol–water partition coefficient (Wildman–Crippen LogP) is 3.94. The van der Waals surface area contributed by atoms with E-state index in [4.69, 9.17) is 16.1 Å². The molecule has 27 heavy (non-hydrogen) atoms. The van der Waals surface area contributed by atoms with E-state index < -0.39 is 0 Å². The van der Waals surface area contributed by atoms with Gasteiger partial charge in [0.05, 0.1) is 17.9 Å². The van der Waals surface area contributed by atoms with Crippen LogP contribution in [0.3, 0.4) is 0 Å². The van der Waals surface area contributed by atoms with Crippen LogP contribution in [0, 0.1) is 19.7 Å². The number of hydrogen-bond acceptors (Lipinski definition) is 4. The molecule has 1 amide bonds. The van der Waals surface area contributed by atoms with Crippen molar-refractivity contribution in [1.29, 1.82) is 0 Å². The van der Waals surface area contributed by atoms with Gasteiger partial charge in [-0.05, 0) is 44.2 Å². The zero-order valence-electron chi connectivity index (χ0n) is 15.1. The number of hydrogen-bond donors (Lipinski definition) is 0. The number of aromatic nitrogens is 3. The van der Waals surface area contributed by atoms with E-state index in [0.29, 0.717) is 40.1 Å². The van der Waals surface area contributed by atoms with Crippen molar-refractivity contribution in [3.05, 3.63) is 70.1 Å². The lowest BCUT2D eigenvalue weighted by molar-refractivity contribution is -0.125. The SMILES string of the molecule is Cc1cc(CN(C)C(=O)/C=C/c2c(C)nn(-c3ccc(F)cc3)c2Cl)no1. The van der Waals surface area contributed by atoms with Crippen LogP contribution < -0.4 is 0 Å². The molecule has 3 aromatic rings. The lowest BCUT2D eigenvalue weighted by atomic mass is 10.2. The van der Waals surface area contributed by atoms with E-state index in [-0.39, 0.29) is 11.7 Å². The van der Waals surface area contributed by atoms with Crippen LogP contribution in [0.25, 0.3) is 11.8 Å². The van der Waals surface area contributed by atoms with Crippen LogP contribution in [0.4, 0.5) is 4.39 Å². The van der Waals surface area contributed by atoms with Crippen LogP contribution in [0.2, 0.25) is 5.15 Å². The minimum atomic E-state index is -0.338. The van der Waals surface area contributed by atoms with E-state index in [1.54, 1.807) is 45.2 Å². The van der Waals surface area contributed by atoms with Crippen LogP contribution >= 0.6 is 11.6 Å². The topological polar surface area (TPSA) is 64.2 Å². The van der Waals surface area contributed by atoms with E-state index in [0.717, 1.165) is 0 Å². The summed E-state index contributed by atoms with van der Waals surface area (Å²) >= 11 is 6.41. The maximum absolute atomic E-state index is 13.1.